The van der Waals surface area contributed by atoms with Crippen LogP contribution < -0.4 is 10.6 Å². The first-order chi connectivity index (χ1) is 11.4. The molecule has 0 aliphatic rings. The molecule has 3 heteroatoms. The lowest BCUT2D eigenvalue weighted by atomic mass is 10.2. The topological polar surface area (TPSA) is 49.5 Å². The first-order valence-electron chi connectivity index (χ1n) is 7.63. The summed E-state index contributed by atoms with van der Waals surface area (Å²) < 4.78 is 0. The predicted octanol–water partition coefficient (Wildman–Crippen LogP) is 4.09. The Bertz CT molecular complexity index is 561. The molecule has 0 bridgehead atoms. The Hall–Kier alpha value is -2.62. The molecule has 0 aliphatic heterocycles. The minimum absolute atomic E-state index is 0.0972. The highest BCUT2D eigenvalue weighted by Crippen LogP contribution is 2.33. The molecule has 23 heavy (non-hydrogen) atoms. The van der Waals surface area contributed by atoms with Gasteiger partial charge >= 0.3 is 0 Å². The van der Waals surface area contributed by atoms with Crippen molar-refractivity contribution in [1.29, 1.82) is 0 Å². The number of aliphatic hydroxyl groups excluding tert-OH is 1. The Morgan fingerprint density at radius 1 is 0.609 bits per heavy atom. The van der Waals surface area contributed by atoms with Crippen molar-refractivity contribution in [2.75, 3.05) is 18.1 Å². The molecule has 0 fully saturated rings. The minimum Gasteiger partial charge on any atom is -0.395 e. The highest BCUT2D eigenvalue weighted by molar-refractivity contribution is 5.76. The van der Waals surface area contributed by atoms with Crippen molar-refractivity contribution >= 4 is 17.1 Å². The number of nitrogens with zero attached hydrogens (tertiary/aromatic N) is 1. The quantitative estimate of drug-likeness (QED) is 0.763. The predicted molar refractivity (Wildman–Crippen MR) is 97.3 cm³/mol. The van der Waals surface area contributed by atoms with E-state index in [1.165, 1.54) is 17.1 Å². The normalized spacial score (nSPS) is 9.65. The van der Waals surface area contributed by atoms with Crippen LogP contribution in [0.3, 0.4) is 0 Å². The van der Waals surface area contributed by atoms with Crippen LogP contribution in [0.15, 0.2) is 91.0 Å². The molecule has 0 saturated carbocycles. The van der Waals surface area contributed by atoms with Gasteiger partial charge in [0, 0.05) is 23.6 Å². The third-order valence-corrected chi connectivity index (χ3v) is 3.17. The Morgan fingerprint density at radius 2 is 0.870 bits per heavy atom. The van der Waals surface area contributed by atoms with E-state index < -0.39 is 0 Å². The van der Waals surface area contributed by atoms with Gasteiger partial charge in [0.25, 0.3) is 0 Å². The number of para-hydroxylation sites is 3. The molecule has 0 aromatic heterocycles. The van der Waals surface area contributed by atoms with Crippen LogP contribution in [-0.4, -0.2) is 18.3 Å². The zero-order valence-electron chi connectivity index (χ0n) is 13.0. The summed E-state index contributed by atoms with van der Waals surface area (Å²) in [6, 6.07) is 31.3. The molecule has 0 saturated heterocycles. The molecule has 0 unspecified atom stereocenters. The fourth-order valence-corrected chi connectivity index (χ4v) is 2.18. The van der Waals surface area contributed by atoms with E-state index in [0.717, 1.165) is 0 Å². The lowest BCUT2D eigenvalue weighted by molar-refractivity contribution is 0.306. The molecule has 0 spiro atoms. The molecule has 0 heterocycles. The van der Waals surface area contributed by atoms with Gasteiger partial charge in [0.15, 0.2) is 0 Å². The summed E-state index contributed by atoms with van der Waals surface area (Å²) in [5.74, 6) is 0. The molecule has 0 atom stereocenters. The van der Waals surface area contributed by atoms with Crippen LogP contribution in [0.4, 0.5) is 17.1 Å². The minimum atomic E-state index is 0.0972. The highest BCUT2D eigenvalue weighted by atomic mass is 16.3. The summed E-state index contributed by atoms with van der Waals surface area (Å²) in [7, 11) is 0. The maximum absolute atomic E-state index is 7.75. The van der Waals surface area contributed by atoms with Crippen molar-refractivity contribution < 1.29 is 5.11 Å². The number of benzene rings is 3. The number of anilines is 3. The molecule has 0 radical (unpaired) electrons. The smallest absolute Gasteiger partial charge is 0.0553 e. The van der Waals surface area contributed by atoms with Crippen LogP contribution in [-0.2, 0) is 0 Å². The molecule has 118 valence electrons. The number of rotatable bonds is 4. The van der Waals surface area contributed by atoms with Crippen molar-refractivity contribution in [2.24, 2.45) is 5.73 Å². The van der Waals surface area contributed by atoms with E-state index in [1.54, 1.807) is 0 Å². The van der Waals surface area contributed by atoms with E-state index >= 15 is 0 Å². The lowest BCUT2D eigenvalue weighted by Gasteiger charge is -2.25. The fourth-order valence-electron chi connectivity index (χ4n) is 2.18. The van der Waals surface area contributed by atoms with E-state index in [-0.39, 0.29) is 6.61 Å². The molecule has 3 rings (SSSR count). The summed E-state index contributed by atoms with van der Waals surface area (Å²) in [5, 5.41) is 7.75. The van der Waals surface area contributed by atoms with Crippen LogP contribution in [0, 0.1) is 0 Å². The van der Waals surface area contributed by atoms with Crippen molar-refractivity contribution in [1.82, 2.24) is 0 Å². The molecule has 3 nitrogen and oxygen atoms in total. The average molecular weight is 306 g/mol. The highest BCUT2D eigenvalue weighted by Gasteiger charge is 2.10. The largest absolute Gasteiger partial charge is 0.395 e. The van der Waals surface area contributed by atoms with E-state index in [4.69, 9.17) is 10.8 Å². The molecule has 0 amide bonds. The van der Waals surface area contributed by atoms with Crippen molar-refractivity contribution in [3.63, 3.8) is 0 Å². The monoisotopic (exact) mass is 306 g/mol. The molecular weight excluding hydrogens is 284 g/mol. The van der Waals surface area contributed by atoms with Crippen LogP contribution in [0.5, 0.6) is 0 Å². The SMILES string of the molecule is NCCO.c1ccc(N(c2ccccc2)c2ccccc2)cc1. The van der Waals surface area contributed by atoms with Crippen molar-refractivity contribution in [3.8, 4) is 0 Å². The Balaban J connectivity index is 0.000000433. The summed E-state index contributed by atoms with van der Waals surface area (Å²) in [5.41, 5.74) is 8.28. The zero-order chi connectivity index (χ0) is 16.3. The standard InChI is InChI=1S/C18H15N.C2H7NO/c1-4-10-16(11-5-1)19(17-12-6-2-7-13-17)18-14-8-3-9-15-18;3-1-2-4/h1-15H;4H,1-3H2. The molecular formula is C20H22N2O. The fraction of sp³-hybridized carbons (Fsp3) is 0.100. The van der Waals surface area contributed by atoms with E-state index in [0.29, 0.717) is 6.54 Å². The van der Waals surface area contributed by atoms with Crippen molar-refractivity contribution in [3.05, 3.63) is 91.0 Å². The summed E-state index contributed by atoms with van der Waals surface area (Å²) in [6.07, 6.45) is 0. The lowest BCUT2D eigenvalue weighted by Crippen LogP contribution is -2.09. The molecule has 0 aliphatic carbocycles. The Morgan fingerprint density at radius 3 is 1.09 bits per heavy atom. The summed E-state index contributed by atoms with van der Waals surface area (Å²) >= 11 is 0. The first kappa shape index (κ1) is 16.7. The second kappa shape index (κ2) is 9.41. The second-order valence-corrected chi connectivity index (χ2v) is 4.85. The summed E-state index contributed by atoms with van der Waals surface area (Å²) in [6.45, 7) is 0.472. The average Bonchev–Trinajstić information content (AvgIpc) is 2.65. The molecule has 3 aromatic carbocycles. The second-order valence-electron chi connectivity index (χ2n) is 4.85. The van der Waals surface area contributed by atoms with Gasteiger partial charge in [-0.3, -0.25) is 0 Å². The third kappa shape index (κ3) is 4.95. The van der Waals surface area contributed by atoms with Crippen LogP contribution in [0.1, 0.15) is 0 Å². The van der Waals surface area contributed by atoms with Gasteiger partial charge in [0.05, 0.1) is 6.61 Å². The van der Waals surface area contributed by atoms with Gasteiger partial charge in [0.1, 0.15) is 0 Å². The van der Waals surface area contributed by atoms with Gasteiger partial charge in [-0.1, -0.05) is 54.6 Å². The molecule has 3 aromatic rings. The number of nitrogens with two attached hydrogens (primary N) is 1. The van der Waals surface area contributed by atoms with Gasteiger partial charge in [0.2, 0.25) is 0 Å². The van der Waals surface area contributed by atoms with Gasteiger partial charge in [-0.2, -0.15) is 0 Å². The van der Waals surface area contributed by atoms with E-state index in [9.17, 15) is 0 Å². The Kier molecular flexibility index (Phi) is 6.85. The maximum atomic E-state index is 7.75. The van der Waals surface area contributed by atoms with Crippen LogP contribution >= 0.6 is 0 Å². The first-order valence-corrected chi connectivity index (χ1v) is 7.63. The number of aliphatic hydroxyl groups is 1. The number of hydrogen-bond donors (Lipinski definition) is 2. The van der Waals surface area contributed by atoms with Crippen molar-refractivity contribution in [2.45, 2.75) is 0 Å². The third-order valence-electron chi connectivity index (χ3n) is 3.17. The van der Waals surface area contributed by atoms with Crippen LogP contribution in [0.2, 0.25) is 0 Å². The molecule has 3 N–H and O–H groups in total. The van der Waals surface area contributed by atoms with E-state index in [2.05, 4.69) is 77.7 Å². The maximum Gasteiger partial charge on any atom is 0.0553 e. The van der Waals surface area contributed by atoms with Gasteiger partial charge in [-0.25, -0.2) is 0 Å². The van der Waals surface area contributed by atoms with Gasteiger partial charge in [-0.05, 0) is 36.4 Å². The van der Waals surface area contributed by atoms with Gasteiger partial charge < -0.3 is 15.7 Å². The zero-order valence-corrected chi connectivity index (χ0v) is 13.0. The van der Waals surface area contributed by atoms with Gasteiger partial charge in [-0.15, -0.1) is 0 Å². The summed E-state index contributed by atoms with van der Waals surface area (Å²) in [4.78, 5) is 2.25. The van der Waals surface area contributed by atoms with E-state index in [1.807, 2.05) is 18.2 Å². The van der Waals surface area contributed by atoms with Crippen LogP contribution in [0.25, 0.3) is 0 Å². The number of hydrogen-bond acceptors (Lipinski definition) is 3. The Labute approximate surface area is 137 Å².